The average molecular weight is 344 g/mol. The van der Waals surface area contributed by atoms with Crippen molar-refractivity contribution in [2.45, 2.75) is 0 Å². The minimum Gasteiger partial charge on any atom is -0.430 e. The van der Waals surface area contributed by atoms with E-state index < -0.39 is 5.63 Å². The van der Waals surface area contributed by atoms with Gasteiger partial charge in [-0.05, 0) is 41.1 Å². The van der Waals surface area contributed by atoms with Gasteiger partial charge in [0.05, 0.1) is 5.56 Å². The maximum Gasteiger partial charge on any atom is 0.335 e. The largest absolute Gasteiger partial charge is 0.430 e. The number of rotatable bonds is 2. The lowest BCUT2D eigenvalue weighted by molar-refractivity contribution is 0.102. The van der Waals surface area contributed by atoms with Gasteiger partial charge in [0.2, 0.25) is 0 Å². The highest BCUT2D eigenvalue weighted by molar-refractivity contribution is 9.10. The SMILES string of the molecule is O=C(Nc1ccc2cc(Br)ccc2c1)c1ccc(=O)oc1. The Balaban J connectivity index is 1.87. The maximum atomic E-state index is 12.0. The van der Waals surface area contributed by atoms with E-state index in [-0.39, 0.29) is 5.91 Å². The molecule has 1 N–H and O–H groups in total. The fourth-order valence-electron chi connectivity index (χ4n) is 1.98. The van der Waals surface area contributed by atoms with E-state index in [1.165, 1.54) is 12.1 Å². The standard InChI is InChI=1S/C16H10BrNO3/c17-13-4-1-11-8-14(5-2-10(11)7-13)18-16(20)12-3-6-15(19)21-9-12/h1-9H,(H,18,20). The molecule has 104 valence electrons. The molecule has 0 aliphatic rings. The van der Waals surface area contributed by atoms with Crippen molar-refractivity contribution in [2.75, 3.05) is 5.32 Å². The van der Waals surface area contributed by atoms with E-state index in [1.54, 1.807) is 0 Å². The summed E-state index contributed by atoms with van der Waals surface area (Å²) in [4.78, 5) is 22.9. The molecular formula is C16H10BrNO3. The second-order valence-electron chi connectivity index (χ2n) is 4.50. The first-order chi connectivity index (χ1) is 10.1. The number of fused-ring (bicyclic) bond motifs is 1. The first kappa shape index (κ1) is 13.6. The molecule has 1 amide bonds. The number of carbonyl (C=O) groups excluding carboxylic acids is 1. The van der Waals surface area contributed by atoms with Gasteiger partial charge in [-0.15, -0.1) is 0 Å². The summed E-state index contributed by atoms with van der Waals surface area (Å²) in [6.45, 7) is 0. The first-order valence-corrected chi connectivity index (χ1v) is 7.01. The van der Waals surface area contributed by atoms with Crippen molar-refractivity contribution in [2.24, 2.45) is 0 Å². The first-order valence-electron chi connectivity index (χ1n) is 6.21. The van der Waals surface area contributed by atoms with Crippen molar-refractivity contribution in [3.63, 3.8) is 0 Å². The summed E-state index contributed by atoms with van der Waals surface area (Å²) in [6.07, 6.45) is 1.15. The predicted octanol–water partition coefficient (Wildman–Crippen LogP) is 3.81. The summed E-state index contributed by atoms with van der Waals surface area (Å²) in [5.41, 5.74) is 0.495. The molecule has 1 heterocycles. The number of amides is 1. The lowest BCUT2D eigenvalue weighted by Crippen LogP contribution is -2.12. The zero-order valence-corrected chi connectivity index (χ0v) is 12.4. The summed E-state index contributed by atoms with van der Waals surface area (Å²) < 4.78 is 5.68. The van der Waals surface area contributed by atoms with Gasteiger partial charge in [-0.3, -0.25) is 4.79 Å². The van der Waals surface area contributed by atoms with Gasteiger partial charge in [-0.25, -0.2) is 4.79 Å². The number of halogens is 1. The van der Waals surface area contributed by atoms with Crippen LogP contribution >= 0.6 is 15.9 Å². The van der Waals surface area contributed by atoms with E-state index in [9.17, 15) is 9.59 Å². The molecule has 2 aromatic carbocycles. The molecular weight excluding hydrogens is 334 g/mol. The van der Waals surface area contributed by atoms with Crippen molar-refractivity contribution in [3.8, 4) is 0 Å². The molecule has 4 nitrogen and oxygen atoms in total. The third kappa shape index (κ3) is 3.03. The zero-order valence-electron chi connectivity index (χ0n) is 10.8. The van der Waals surface area contributed by atoms with Crippen LogP contribution in [0.4, 0.5) is 5.69 Å². The van der Waals surface area contributed by atoms with Gasteiger partial charge in [0.1, 0.15) is 6.26 Å². The quantitative estimate of drug-likeness (QED) is 0.769. The normalized spacial score (nSPS) is 10.5. The van der Waals surface area contributed by atoms with Crippen LogP contribution < -0.4 is 10.9 Å². The summed E-state index contributed by atoms with van der Waals surface area (Å²) >= 11 is 3.42. The molecule has 0 aliphatic heterocycles. The van der Waals surface area contributed by atoms with Crippen LogP contribution in [0.1, 0.15) is 10.4 Å². The van der Waals surface area contributed by atoms with E-state index in [0.717, 1.165) is 21.5 Å². The van der Waals surface area contributed by atoms with Crippen molar-refractivity contribution >= 4 is 38.3 Å². The number of benzene rings is 2. The number of hydrogen-bond donors (Lipinski definition) is 1. The van der Waals surface area contributed by atoms with Crippen molar-refractivity contribution in [3.05, 3.63) is 75.3 Å². The zero-order chi connectivity index (χ0) is 14.8. The van der Waals surface area contributed by atoms with Crippen LogP contribution in [0.5, 0.6) is 0 Å². The number of anilines is 1. The van der Waals surface area contributed by atoms with Crippen LogP contribution in [0, 0.1) is 0 Å². The van der Waals surface area contributed by atoms with E-state index >= 15 is 0 Å². The summed E-state index contributed by atoms with van der Waals surface area (Å²) in [7, 11) is 0. The van der Waals surface area contributed by atoms with E-state index in [1.807, 2.05) is 36.4 Å². The highest BCUT2D eigenvalue weighted by atomic mass is 79.9. The van der Waals surface area contributed by atoms with Gasteiger partial charge in [-0.2, -0.15) is 0 Å². The second-order valence-corrected chi connectivity index (χ2v) is 5.42. The molecule has 0 saturated carbocycles. The number of hydrogen-bond acceptors (Lipinski definition) is 3. The van der Waals surface area contributed by atoms with Gasteiger partial charge in [0, 0.05) is 16.2 Å². The molecule has 3 aromatic rings. The van der Waals surface area contributed by atoms with Crippen molar-refractivity contribution < 1.29 is 9.21 Å². The highest BCUT2D eigenvalue weighted by Gasteiger charge is 2.07. The molecule has 0 radical (unpaired) electrons. The molecule has 5 heteroatoms. The summed E-state index contributed by atoms with van der Waals surface area (Å²) in [6, 6.07) is 14.2. The van der Waals surface area contributed by atoms with Gasteiger partial charge in [-0.1, -0.05) is 28.1 Å². The second kappa shape index (κ2) is 5.54. The Kier molecular flexibility index (Phi) is 3.58. The third-order valence-electron chi connectivity index (χ3n) is 3.02. The minimum absolute atomic E-state index is 0.297. The summed E-state index contributed by atoms with van der Waals surface area (Å²) in [5, 5.41) is 4.87. The monoisotopic (exact) mass is 343 g/mol. The fraction of sp³-hybridized carbons (Fsp3) is 0. The molecule has 0 aliphatic carbocycles. The van der Waals surface area contributed by atoms with Crippen molar-refractivity contribution in [1.82, 2.24) is 0 Å². The van der Waals surface area contributed by atoms with Crippen LogP contribution in [0.15, 0.2) is 68.5 Å². The van der Waals surface area contributed by atoms with E-state index in [4.69, 9.17) is 0 Å². The molecule has 0 unspecified atom stereocenters. The van der Waals surface area contributed by atoms with Crippen LogP contribution in [-0.4, -0.2) is 5.91 Å². The third-order valence-corrected chi connectivity index (χ3v) is 3.52. The molecule has 1 aromatic heterocycles. The Bertz CT molecular complexity index is 866. The van der Waals surface area contributed by atoms with Gasteiger partial charge in [0.15, 0.2) is 0 Å². The van der Waals surface area contributed by atoms with Crippen LogP contribution in [-0.2, 0) is 0 Å². The number of nitrogens with one attached hydrogen (secondary N) is 1. The van der Waals surface area contributed by atoms with Crippen LogP contribution in [0.3, 0.4) is 0 Å². The molecule has 0 saturated heterocycles. The van der Waals surface area contributed by atoms with Gasteiger partial charge >= 0.3 is 5.63 Å². The molecule has 0 fully saturated rings. The van der Waals surface area contributed by atoms with Crippen molar-refractivity contribution in [1.29, 1.82) is 0 Å². The lowest BCUT2D eigenvalue weighted by atomic mass is 10.1. The van der Waals surface area contributed by atoms with Gasteiger partial charge in [0.25, 0.3) is 5.91 Å². The Morgan fingerprint density at radius 1 is 1.00 bits per heavy atom. The molecule has 0 spiro atoms. The topological polar surface area (TPSA) is 59.3 Å². The maximum absolute atomic E-state index is 12.0. The minimum atomic E-state index is -0.483. The Morgan fingerprint density at radius 2 is 1.76 bits per heavy atom. The van der Waals surface area contributed by atoms with E-state index in [2.05, 4.69) is 25.7 Å². The summed E-state index contributed by atoms with van der Waals surface area (Å²) in [5.74, 6) is -0.324. The van der Waals surface area contributed by atoms with Crippen LogP contribution in [0.2, 0.25) is 0 Å². The predicted molar refractivity (Wildman–Crippen MR) is 84.6 cm³/mol. The average Bonchev–Trinajstić information content (AvgIpc) is 2.48. The molecule has 3 rings (SSSR count). The molecule has 0 bridgehead atoms. The molecule has 0 atom stereocenters. The highest BCUT2D eigenvalue weighted by Crippen LogP contribution is 2.23. The number of carbonyl (C=O) groups is 1. The Labute approximate surface area is 128 Å². The van der Waals surface area contributed by atoms with E-state index in [0.29, 0.717) is 11.3 Å². The fourth-order valence-corrected chi connectivity index (χ4v) is 2.36. The van der Waals surface area contributed by atoms with Crippen LogP contribution in [0.25, 0.3) is 10.8 Å². The van der Waals surface area contributed by atoms with Gasteiger partial charge < -0.3 is 9.73 Å². The lowest BCUT2D eigenvalue weighted by Gasteiger charge is -2.06. The smallest absolute Gasteiger partial charge is 0.335 e. The molecule has 21 heavy (non-hydrogen) atoms. The Hall–Kier alpha value is -2.40. The Morgan fingerprint density at radius 3 is 2.52 bits per heavy atom.